The molecule has 0 rings (SSSR count). The van der Waals surface area contributed by atoms with Gasteiger partial charge in [0.1, 0.15) is 0 Å². The molecule has 0 aromatic rings. The summed E-state index contributed by atoms with van der Waals surface area (Å²) < 4.78 is 25.0. The number of alkyl halides is 2. The first-order chi connectivity index (χ1) is 6.33. The Morgan fingerprint density at radius 1 is 0.857 bits per heavy atom. The summed E-state index contributed by atoms with van der Waals surface area (Å²) in [6.07, 6.45) is 4.99. The molecule has 0 radical (unpaired) electrons. The average molecular weight is 206 g/mol. The first kappa shape index (κ1) is 13.9. The molecule has 14 heavy (non-hydrogen) atoms. The Hall–Kier alpha value is -0.140. The molecule has 0 bridgehead atoms. The van der Waals surface area contributed by atoms with Crippen LogP contribution in [0, 0.1) is 5.41 Å². The van der Waals surface area contributed by atoms with Crippen molar-refractivity contribution in [2.75, 3.05) is 0 Å². The molecule has 0 nitrogen and oxygen atoms in total. The fourth-order valence-electron chi connectivity index (χ4n) is 1.59. The molecule has 2 heteroatoms. The minimum atomic E-state index is -2.48. The van der Waals surface area contributed by atoms with Crippen molar-refractivity contribution >= 4 is 0 Å². The quantitative estimate of drug-likeness (QED) is 0.512. The summed E-state index contributed by atoms with van der Waals surface area (Å²) in [5, 5.41) is 0. The van der Waals surface area contributed by atoms with Gasteiger partial charge in [0.25, 0.3) is 0 Å². The molecule has 0 heterocycles. The molecule has 0 aromatic heterocycles. The van der Waals surface area contributed by atoms with E-state index >= 15 is 0 Å². The van der Waals surface area contributed by atoms with Gasteiger partial charge < -0.3 is 0 Å². The van der Waals surface area contributed by atoms with Crippen LogP contribution in [-0.4, -0.2) is 5.92 Å². The molecular weight excluding hydrogens is 182 g/mol. The molecule has 0 aliphatic rings. The lowest BCUT2D eigenvalue weighted by Gasteiger charge is -2.26. The lowest BCUT2D eigenvalue weighted by molar-refractivity contribution is 0.00953. The maximum atomic E-state index is 12.5. The molecule has 0 amide bonds. The number of hydrogen-bond acceptors (Lipinski definition) is 0. The van der Waals surface area contributed by atoms with E-state index in [0.717, 1.165) is 32.6 Å². The molecule has 86 valence electrons. The van der Waals surface area contributed by atoms with Crippen LogP contribution in [0.5, 0.6) is 0 Å². The Morgan fingerprint density at radius 3 is 1.64 bits per heavy atom. The van der Waals surface area contributed by atoms with Gasteiger partial charge in [0.15, 0.2) is 0 Å². The van der Waals surface area contributed by atoms with Crippen molar-refractivity contribution in [2.24, 2.45) is 5.41 Å². The summed E-state index contributed by atoms with van der Waals surface area (Å²) >= 11 is 0. The Morgan fingerprint density at radius 2 is 1.29 bits per heavy atom. The van der Waals surface area contributed by atoms with Gasteiger partial charge in [0.2, 0.25) is 5.92 Å². The van der Waals surface area contributed by atoms with Crippen LogP contribution in [0.4, 0.5) is 8.78 Å². The van der Waals surface area contributed by atoms with E-state index in [-0.39, 0.29) is 6.42 Å². The summed E-state index contributed by atoms with van der Waals surface area (Å²) in [7, 11) is 0. The minimum absolute atomic E-state index is 0.0382. The molecule has 0 saturated heterocycles. The summed E-state index contributed by atoms with van der Waals surface area (Å²) in [5.74, 6) is -2.48. The van der Waals surface area contributed by atoms with E-state index in [1.807, 2.05) is 0 Å². The standard InChI is InChI=1S/C12H24F2/c1-5-11(3,6-2)9-7-8-10-12(4,13)14/h5-10H2,1-4H3. The average Bonchev–Trinajstić information content (AvgIpc) is 2.11. The van der Waals surface area contributed by atoms with Gasteiger partial charge in [-0.15, -0.1) is 0 Å². The largest absolute Gasteiger partial charge is 0.245 e. The monoisotopic (exact) mass is 206 g/mol. The number of hydrogen-bond donors (Lipinski definition) is 0. The molecule has 0 saturated carbocycles. The Balaban J connectivity index is 3.63. The highest BCUT2D eigenvalue weighted by Gasteiger charge is 2.22. The van der Waals surface area contributed by atoms with Crippen LogP contribution >= 0.6 is 0 Å². The molecule has 0 spiro atoms. The molecular formula is C12H24F2. The lowest BCUT2D eigenvalue weighted by atomic mass is 9.80. The highest BCUT2D eigenvalue weighted by atomic mass is 19.3. The van der Waals surface area contributed by atoms with Crippen molar-refractivity contribution in [3.63, 3.8) is 0 Å². The van der Waals surface area contributed by atoms with E-state index in [0.29, 0.717) is 11.8 Å². The first-order valence-corrected chi connectivity index (χ1v) is 5.71. The van der Waals surface area contributed by atoms with Crippen molar-refractivity contribution in [1.29, 1.82) is 0 Å². The topological polar surface area (TPSA) is 0 Å². The first-order valence-electron chi connectivity index (χ1n) is 5.71. The Labute approximate surface area is 87.1 Å². The van der Waals surface area contributed by atoms with E-state index in [1.54, 1.807) is 0 Å². The van der Waals surface area contributed by atoms with Crippen LogP contribution < -0.4 is 0 Å². The zero-order valence-corrected chi connectivity index (χ0v) is 10.00. The number of rotatable bonds is 7. The summed E-state index contributed by atoms with van der Waals surface area (Å²) in [6, 6.07) is 0. The zero-order valence-electron chi connectivity index (χ0n) is 10.00. The molecule has 0 atom stereocenters. The maximum absolute atomic E-state index is 12.5. The summed E-state index contributed by atoms with van der Waals surface area (Å²) in [5.41, 5.74) is 0.364. The van der Waals surface area contributed by atoms with Gasteiger partial charge in [0, 0.05) is 6.42 Å². The smallest absolute Gasteiger partial charge is 0.207 e. The van der Waals surface area contributed by atoms with Crippen molar-refractivity contribution in [3.05, 3.63) is 0 Å². The van der Waals surface area contributed by atoms with Crippen LogP contribution in [0.3, 0.4) is 0 Å². The van der Waals surface area contributed by atoms with Gasteiger partial charge in [0.05, 0.1) is 0 Å². The zero-order chi connectivity index (χ0) is 11.2. The van der Waals surface area contributed by atoms with Crippen molar-refractivity contribution in [2.45, 2.75) is 72.1 Å². The SMILES string of the molecule is CCC(C)(CC)CCCCC(C)(F)F. The second-order valence-electron chi connectivity index (χ2n) is 4.80. The van der Waals surface area contributed by atoms with Crippen molar-refractivity contribution in [3.8, 4) is 0 Å². The fraction of sp³-hybridized carbons (Fsp3) is 1.00. The van der Waals surface area contributed by atoms with Crippen LogP contribution in [0.15, 0.2) is 0 Å². The highest BCUT2D eigenvalue weighted by Crippen LogP contribution is 2.32. The van der Waals surface area contributed by atoms with Gasteiger partial charge in [-0.2, -0.15) is 0 Å². The summed E-state index contributed by atoms with van der Waals surface area (Å²) in [6.45, 7) is 7.61. The van der Waals surface area contributed by atoms with E-state index in [9.17, 15) is 8.78 Å². The predicted octanol–water partition coefficient (Wildman–Crippen LogP) is 5.03. The van der Waals surface area contributed by atoms with Crippen molar-refractivity contribution in [1.82, 2.24) is 0 Å². The molecule has 0 aromatic carbocycles. The van der Waals surface area contributed by atoms with Gasteiger partial charge >= 0.3 is 0 Å². The van der Waals surface area contributed by atoms with Crippen LogP contribution in [0.2, 0.25) is 0 Å². The predicted molar refractivity (Wildman–Crippen MR) is 57.8 cm³/mol. The van der Waals surface area contributed by atoms with E-state index in [2.05, 4.69) is 20.8 Å². The fourth-order valence-corrected chi connectivity index (χ4v) is 1.59. The van der Waals surface area contributed by atoms with Crippen LogP contribution in [0.25, 0.3) is 0 Å². The second kappa shape index (κ2) is 5.67. The van der Waals surface area contributed by atoms with E-state index in [4.69, 9.17) is 0 Å². The Kier molecular flexibility index (Phi) is 5.61. The normalized spacial score (nSPS) is 13.3. The lowest BCUT2D eigenvalue weighted by Crippen LogP contribution is -2.14. The molecule has 0 N–H and O–H groups in total. The molecule has 0 aliphatic heterocycles. The van der Waals surface area contributed by atoms with Gasteiger partial charge in [-0.25, -0.2) is 8.78 Å². The van der Waals surface area contributed by atoms with E-state index in [1.165, 1.54) is 0 Å². The number of unbranched alkanes of at least 4 members (excludes halogenated alkanes) is 1. The Bertz CT molecular complexity index is 143. The molecule has 0 fully saturated rings. The van der Waals surface area contributed by atoms with Gasteiger partial charge in [-0.05, 0) is 25.2 Å². The molecule has 0 aliphatic carbocycles. The maximum Gasteiger partial charge on any atom is 0.245 e. The van der Waals surface area contributed by atoms with Gasteiger partial charge in [-0.1, -0.05) is 40.0 Å². The molecule has 0 unspecified atom stereocenters. The third-order valence-electron chi connectivity index (χ3n) is 3.35. The van der Waals surface area contributed by atoms with Crippen LogP contribution in [-0.2, 0) is 0 Å². The van der Waals surface area contributed by atoms with Crippen molar-refractivity contribution < 1.29 is 8.78 Å². The minimum Gasteiger partial charge on any atom is -0.207 e. The summed E-state index contributed by atoms with van der Waals surface area (Å²) in [4.78, 5) is 0. The number of halogens is 2. The highest BCUT2D eigenvalue weighted by molar-refractivity contribution is 4.71. The third-order valence-corrected chi connectivity index (χ3v) is 3.35. The third kappa shape index (κ3) is 6.33. The van der Waals surface area contributed by atoms with Gasteiger partial charge in [-0.3, -0.25) is 0 Å². The van der Waals surface area contributed by atoms with E-state index < -0.39 is 5.92 Å². The van der Waals surface area contributed by atoms with Crippen LogP contribution in [0.1, 0.15) is 66.2 Å². The second-order valence-corrected chi connectivity index (χ2v) is 4.80.